The van der Waals surface area contributed by atoms with Gasteiger partial charge in [0, 0.05) is 11.5 Å². The summed E-state index contributed by atoms with van der Waals surface area (Å²) in [5.41, 5.74) is 0.895. The fourth-order valence-electron chi connectivity index (χ4n) is 2.11. The van der Waals surface area contributed by atoms with Crippen molar-refractivity contribution in [3.05, 3.63) is 30.5 Å². The van der Waals surface area contributed by atoms with E-state index in [0.29, 0.717) is 6.10 Å². The lowest BCUT2D eigenvalue weighted by molar-refractivity contribution is 0.162. The number of piperidine rings is 1. The van der Waals surface area contributed by atoms with Crippen LogP contribution in [0, 0.1) is 0 Å². The number of hydrogen-bond acceptors (Lipinski definition) is 3. The minimum absolute atomic E-state index is 0.341. The first-order valence-electron chi connectivity index (χ1n) is 5.76. The van der Waals surface area contributed by atoms with Crippen molar-refractivity contribution in [1.29, 1.82) is 0 Å². The van der Waals surface area contributed by atoms with Crippen LogP contribution in [0.2, 0.25) is 0 Å². The first-order chi connectivity index (χ1) is 7.92. The summed E-state index contributed by atoms with van der Waals surface area (Å²) in [5, 5.41) is 4.45. The predicted octanol–water partition coefficient (Wildman–Crippen LogP) is 2.56. The molecule has 2 aromatic rings. The SMILES string of the molecule is c1cc2ccc(OC3CCNCC3)cc2o1. The first-order valence-corrected chi connectivity index (χ1v) is 5.76. The molecule has 1 aliphatic heterocycles. The molecule has 2 heterocycles. The van der Waals surface area contributed by atoms with Gasteiger partial charge in [0.2, 0.25) is 0 Å². The Kier molecular flexibility index (Phi) is 2.54. The van der Waals surface area contributed by atoms with E-state index in [1.807, 2.05) is 24.3 Å². The average Bonchev–Trinajstić information content (AvgIpc) is 2.77. The molecule has 0 amide bonds. The summed E-state index contributed by atoms with van der Waals surface area (Å²) in [5.74, 6) is 0.911. The van der Waals surface area contributed by atoms with Crippen molar-refractivity contribution in [2.45, 2.75) is 18.9 Å². The van der Waals surface area contributed by atoms with Crippen LogP contribution in [0.25, 0.3) is 11.0 Å². The van der Waals surface area contributed by atoms with Crippen molar-refractivity contribution in [2.75, 3.05) is 13.1 Å². The van der Waals surface area contributed by atoms with Gasteiger partial charge in [-0.1, -0.05) is 0 Å². The van der Waals surface area contributed by atoms with E-state index in [1.165, 1.54) is 0 Å². The molecule has 84 valence electrons. The number of furan rings is 1. The third-order valence-electron chi connectivity index (χ3n) is 3.02. The molecule has 0 aliphatic carbocycles. The second kappa shape index (κ2) is 4.18. The van der Waals surface area contributed by atoms with Crippen molar-refractivity contribution in [1.82, 2.24) is 5.32 Å². The summed E-state index contributed by atoms with van der Waals surface area (Å²) in [6.07, 6.45) is 4.21. The lowest BCUT2D eigenvalue weighted by Crippen LogP contribution is -2.34. The molecular weight excluding hydrogens is 202 g/mol. The molecule has 0 saturated carbocycles. The number of rotatable bonds is 2. The summed E-state index contributed by atoms with van der Waals surface area (Å²) in [6, 6.07) is 7.98. The van der Waals surface area contributed by atoms with Crippen LogP contribution in [0.5, 0.6) is 5.75 Å². The normalized spacial score (nSPS) is 17.8. The Balaban J connectivity index is 1.77. The van der Waals surface area contributed by atoms with Gasteiger partial charge in [0.1, 0.15) is 17.4 Å². The number of benzene rings is 1. The van der Waals surface area contributed by atoms with Gasteiger partial charge >= 0.3 is 0 Å². The topological polar surface area (TPSA) is 34.4 Å². The van der Waals surface area contributed by atoms with Gasteiger partial charge in [-0.3, -0.25) is 0 Å². The number of ether oxygens (including phenoxy) is 1. The molecule has 3 nitrogen and oxygen atoms in total. The smallest absolute Gasteiger partial charge is 0.137 e. The molecule has 1 fully saturated rings. The Morgan fingerprint density at radius 1 is 1.19 bits per heavy atom. The van der Waals surface area contributed by atoms with Crippen LogP contribution < -0.4 is 10.1 Å². The molecule has 1 aromatic heterocycles. The standard InChI is InChI=1S/C13H15NO2/c1-2-12(9-13-10(1)5-8-15-13)16-11-3-6-14-7-4-11/h1-2,5,8-9,11,14H,3-4,6-7H2. The Morgan fingerprint density at radius 2 is 2.06 bits per heavy atom. The Morgan fingerprint density at radius 3 is 2.94 bits per heavy atom. The molecule has 0 radical (unpaired) electrons. The monoisotopic (exact) mass is 217 g/mol. The molecule has 1 aliphatic rings. The molecule has 0 bridgehead atoms. The van der Waals surface area contributed by atoms with Crippen LogP contribution in [-0.4, -0.2) is 19.2 Å². The Hall–Kier alpha value is -1.48. The summed E-state index contributed by atoms with van der Waals surface area (Å²) in [6.45, 7) is 2.10. The highest BCUT2D eigenvalue weighted by molar-refractivity contribution is 5.78. The number of hydrogen-bond donors (Lipinski definition) is 1. The van der Waals surface area contributed by atoms with Crippen LogP contribution in [0.4, 0.5) is 0 Å². The summed E-state index contributed by atoms with van der Waals surface area (Å²) >= 11 is 0. The zero-order chi connectivity index (χ0) is 10.8. The average molecular weight is 217 g/mol. The molecule has 1 saturated heterocycles. The third kappa shape index (κ3) is 1.91. The fourth-order valence-corrected chi connectivity index (χ4v) is 2.11. The van der Waals surface area contributed by atoms with Crippen molar-refractivity contribution in [2.24, 2.45) is 0 Å². The van der Waals surface area contributed by atoms with Crippen molar-refractivity contribution in [3.8, 4) is 5.75 Å². The molecular formula is C13H15NO2. The van der Waals surface area contributed by atoms with Crippen molar-refractivity contribution < 1.29 is 9.15 Å². The summed E-state index contributed by atoms with van der Waals surface area (Å²) < 4.78 is 11.3. The Bertz CT molecular complexity index is 471. The molecule has 0 atom stereocenters. The van der Waals surface area contributed by atoms with Crippen LogP contribution in [0.1, 0.15) is 12.8 Å². The van der Waals surface area contributed by atoms with E-state index in [-0.39, 0.29) is 0 Å². The van der Waals surface area contributed by atoms with Crippen LogP contribution in [0.3, 0.4) is 0 Å². The quantitative estimate of drug-likeness (QED) is 0.839. The molecule has 1 N–H and O–H groups in total. The molecule has 0 unspecified atom stereocenters. The lowest BCUT2D eigenvalue weighted by atomic mass is 10.1. The molecule has 3 heteroatoms. The summed E-state index contributed by atoms with van der Waals surface area (Å²) in [4.78, 5) is 0. The van der Waals surface area contributed by atoms with E-state index in [0.717, 1.165) is 42.6 Å². The van der Waals surface area contributed by atoms with Gasteiger partial charge < -0.3 is 14.5 Å². The van der Waals surface area contributed by atoms with E-state index in [9.17, 15) is 0 Å². The van der Waals surface area contributed by atoms with Gasteiger partial charge in [-0.05, 0) is 44.1 Å². The first kappa shape index (κ1) is 9.73. The molecule has 0 spiro atoms. The van der Waals surface area contributed by atoms with Crippen molar-refractivity contribution >= 4 is 11.0 Å². The van der Waals surface area contributed by atoms with Crippen molar-refractivity contribution in [3.63, 3.8) is 0 Å². The van der Waals surface area contributed by atoms with E-state index in [2.05, 4.69) is 5.32 Å². The maximum Gasteiger partial charge on any atom is 0.137 e. The van der Waals surface area contributed by atoms with Gasteiger partial charge in [-0.2, -0.15) is 0 Å². The predicted molar refractivity (Wildman–Crippen MR) is 62.7 cm³/mol. The van der Waals surface area contributed by atoms with Crippen LogP contribution in [-0.2, 0) is 0 Å². The lowest BCUT2D eigenvalue weighted by Gasteiger charge is -2.23. The van der Waals surface area contributed by atoms with E-state index >= 15 is 0 Å². The minimum Gasteiger partial charge on any atom is -0.490 e. The highest BCUT2D eigenvalue weighted by Gasteiger charge is 2.14. The molecule has 1 aromatic carbocycles. The maximum atomic E-state index is 5.93. The fraction of sp³-hybridized carbons (Fsp3) is 0.385. The minimum atomic E-state index is 0.341. The van der Waals surface area contributed by atoms with E-state index in [4.69, 9.17) is 9.15 Å². The second-order valence-corrected chi connectivity index (χ2v) is 4.19. The van der Waals surface area contributed by atoms with Crippen LogP contribution in [0.15, 0.2) is 34.9 Å². The van der Waals surface area contributed by atoms with Gasteiger partial charge in [0.05, 0.1) is 6.26 Å². The van der Waals surface area contributed by atoms with Gasteiger partial charge in [-0.15, -0.1) is 0 Å². The Labute approximate surface area is 94.4 Å². The molecule has 16 heavy (non-hydrogen) atoms. The van der Waals surface area contributed by atoms with Gasteiger partial charge in [-0.25, -0.2) is 0 Å². The number of fused-ring (bicyclic) bond motifs is 1. The zero-order valence-corrected chi connectivity index (χ0v) is 9.11. The maximum absolute atomic E-state index is 5.93. The van der Waals surface area contributed by atoms with Gasteiger partial charge in [0.15, 0.2) is 0 Å². The van der Waals surface area contributed by atoms with Gasteiger partial charge in [0.25, 0.3) is 0 Å². The largest absolute Gasteiger partial charge is 0.490 e. The van der Waals surface area contributed by atoms with E-state index in [1.54, 1.807) is 6.26 Å². The highest BCUT2D eigenvalue weighted by atomic mass is 16.5. The van der Waals surface area contributed by atoms with E-state index < -0.39 is 0 Å². The molecule has 3 rings (SSSR count). The second-order valence-electron chi connectivity index (χ2n) is 4.19. The number of nitrogens with one attached hydrogen (secondary N) is 1. The van der Waals surface area contributed by atoms with Crippen LogP contribution >= 0.6 is 0 Å². The third-order valence-corrected chi connectivity index (χ3v) is 3.02. The zero-order valence-electron chi connectivity index (χ0n) is 9.11. The highest BCUT2D eigenvalue weighted by Crippen LogP contribution is 2.23. The summed E-state index contributed by atoms with van der Waals surface area (Å²) in [7, 11) is 0.